The summed E-state index contributed by atoms with van der Waals surface area (Å²) in [7, 11) is 0. The van der Waals surface area contributed by atoms with Crippen LogP contribution in [0.15, 0.2) is 0 Å². The van der Waals surface area contributed by atoms with Gasteiger partial charge in [0.15, 0.2) is 5.78 Å². The molecule has 1 saturated heterocycles. The first-order valence-electron chi connectivity index (χ1n) is 3.18. The minimum absolute atomic E-state index is 0.0346. The number of carbonyl (C=O) groups excluding carboxylic acids is 1. The normalized spacial score (nSPS) is 40.7. The largest absolute Gasteiger partial charge is 0.389 e. The number of aliphatic hydroxyl groups excluding tert-OH is 2. The number of hydrogen-bond acceptors (Lipinski definition) is 4. The molecule has 0 aromatic rings. The summed E-state index contributed by atoms with van der Waals surface area (Å²) < 4.78 is 6.96. The van der Waals surface area contributed by atoms with Gasteiger partial charge in [-0.05, 0) is 0 Å². The second-order valence-electron chi connectivity index (χ2n) is 2.04. The van der Waals surface area contributed by atoms with Crippen LogP contribution >= 0.6 is 0 Å². The van der Waals surface area contributed by atoms with Gasteiger partial charge in [-0.3, -0.25) is 4.79 Å². The van der Waals surface area contributed by atoms with E-state index >= 15 is 0 Å². The number of piperidine rings is 1. The third-order valence-electron chi connectivity index (χ3n) is 1.28. The van der Waals surface area contributed by atoms with Gasteiger partial charge in [0.05, 0.1) is 12.6 Å². The Morgan fingerprint density at radius 2 is 2.44 bits per heavy atom. The van der Waals surface area contributed by atoms with Crippen LogP contribution in [-0.4, -0.2) is 41.3 Å². The molecule has 3 N–H and O–H groups in total. The van der Waals surface area contributed by atoms with Crippen molar-refractivity contribution in [2.45, 2.75) is 12.2 Å². The molecule has 4 nitrogen and oxygen atoms in total. The molecule has 0 aliphatic carbocycles. The van der Waals surface area contributed by atoms with Gasteiger partial charge in [-0.15, -0.1) is 0 Å². The zero-order valence-electron chi connectivity index (χ0n) is 5.82. The highest BCUT2D eigenvalue weighted by atomic mass is 16.3. The highest BCUT2D eigenvalue weighted by Crippen LogP contribution is 1.97. The lowest BCUT2D eigenvalue weighted by Gasteiger charge is -2.22. The average Bonchev–Trinajstić information content (AvgIpc) is 1.82. The van der Waals surface area contributed by atoms with Crippen LogP contribution in [-0.2, 0) is 4.79 Å². The molecule has 0 amide bonds. The van der Waals surface area contributed by atoms with Crippen LogP contribution in [0.1, 0.15) is 0 Å². The number of carbonyl (C=O) groups is 1. The van der Waals surface area contributed by atoms with Crippen LogP contribution in [0.4, 0.5) is 0 Å². The molecule has 1 aliphatic rings. The van der Waals surface area contributed by atoms with Gasteiger partial charge in [0.2, 0.25) is 0 Å². The Morgan fingerprint density at radius 3 is 3.00 bits per heavy atom. The fraction of sp³-hybridized carbons (Fsp3) is 0.800. The molecular weight excluding hydrogens is 122 g/mol. The third-order valence-corrected chi connectivity index (χ3v) is 1.28. The van der Waals surface area contributed by atoms with Crippen molar-refractivity contribution < 1.29 is 16.4 Å². The van der Waals surface area contributed by atoms with Crippen molar-refractivity contribution in [1.82, 2.24) is 5.31 Å². The monoisotopic (exact) mass is 132 g/mol. The lowest BCUT2D eigenvalue weighted by molar-refractivity contribution is -0.134. The van der Waals surface area contributed by atoms with E-state index in [0.717, 1.165) is 5.31 Å². The van der Waals surface area contributed by atoms with Crippen LogP contribution in [0.2, 0.25) is 1.41 Å². The summed E-state index contributed by atoms with van der Waals surface area (Å²) in [5, 5.41) is 18.7. The molecule has 4 heteroatoms. The van der Waals surface area contributed by atoms with E-state index in [2.05, 4.69) is 0 Å². The first kappa shape index (κ1) is 5.34. The molecule has 1 aliphatic heterocycles. The van der Waals surface area contributed by atoms with Crippen molar-refractivity contribution in [2.24, 2.45) is 0 Å². The standard InChI is InChI=1S/C5H9NO3/c7-3-1-6-2-4(8)5(3)9/h3,5-7,9H,1-2H2/t3-,5+/m1/s1/i/hD. The maximum atomic E-state index is 10.6. The average molecular weight is 132 g/mol. The van der Waals surface area contributed by atoms with Gasteiger partial charge in [0, 0.05) is 6.54 Å². The van der Waals surface area contributed by atoms with E-state index in [0.29, 0.717) is 0 Å². The molecule has 0 aromatic carbocycles. The van der Waals surface area contributed by atoms with Gasteiger partial charge in [-0.25, -0.2) is 0 Å². The smallest absolute Gasteiger partial charge is 0.177 e. The molecule has 0 bridgehead atoms. The third kappa shape index (κ3) is 1.27. The molecule has 1 heterocycles. The number of nitrogens with one attached hydrogen (secondary N) is 1. The van der Waals surface area contributed by atoms with Crippen LogP contribution in [0.3, 0.4) is 0 Å². The first-order chi connectivity index (χ1) is 4.61. The number of aliphatic hydroxyl groups is 2. The van der Waals surface area contributed by atoms with Crippen LogP contribution in [0, 0.1) is 0 Å². The second-order valence-corrected chi connectivity index (χ2v) is 2.04. The Kier molecular flexibility index (Phi) is 1.44. The minimum Gasteiger partial charge on any atom is -0.389 e. The second kappa shape index (κ2) is 2.43. The number of β-amino-alcohol motifs (C(OH)–C–C–N with tert-alkyl or cyclic N) is 1. The van der Waals surface area contributed by atoms with Crippen molar-refractivity contribution in [3.05, 3.63) is 0 Å². The number of rotatable bonds is 0. The molecule has 0 aromatic heterocycles. The predicted molar refractivity (Wildman–Crippen MR) is 29.9 cm³/mol. The summed E-state index contributed by atoms with van der Waals surface area (Å²) in [6, 6.07) is 0. The molecule has 0 saturated carbocycles. The Hall–Kier alpha value is -0.450. The zero-order valence-corrected chi connectivity index (χ0v) is 4.82. The summed E-state index contributed by atoms with van der Waals surface area (Å²) in [6.45, 7) is -0.0644. The van der Waals surface area contributed by atoms with E-state index in [4.69, 9.17) is 11.6 Å². The quantitative estimate of drug-likeness (QED) is 0.352. The lowest BCUT2D eigenvalue weighted by Crippen LogP contribution is -2.50. The molecule has 9 heavy (non-hydrogen) atoms. The summed E-state index contributed by atoms with van der Waals surface area (Å²) in [4.78, 5) is 10.6. The van der Waals surface area contributed by atoms with Gasteiger partial charge in [0.25, 0.3) is 0 Å². The Labute approximate surface area is 54.0 Å². The number of Topliss-reactive ketones (excluding diaryl/α,β-unsaturated/α-hetero) is 1. The SMILES string of the molecule is [2H]N1CC(=O)[C@@H](O)[C@H](O)C1. The van der Waals surface area contributed by atoms with Gasteiger partial charge in [0.1, 0.15) is 7.52 Å². The number of hydrogen-bond donors (Lipinski definition) is 3. The van der Waals surface area contributed by atoms with Gasteiger partial charge < -0.3 is 15.5 Å². The summed E-state index contributed by atoms with van der Waals surface area (Å²) in [5.74, 6) is -0.492. The van der Waals surface area contributed by atoms with Crippen molar-refractivity contribution >= 4 is 5.78 Å². The molecule has 2 atom stereocenters. The molecule has 1 fully saturated rings. The molecule has 0 radical (unpaired) electrons. The summed E-state index contributed by atoms with van der Waals surface area (Å²) in [5.41, 5.74) is 0. The van der Waals surface area contributed by atoms with Crippen LogP contribution in [0.25, 0.3) is 0 Å². The van der Waals surface area contributed by atoms with Gasteiger partial charge in [-0.2, -0.15) is 0 Å². The topological polar surface area (TPSA) is 69.6 Å². The van der Waals surface area contributed by atoms with Gasteiger partial charge >= 0.3 is 0 Å². The highest BCUT2D eigenvalue weighted by Gasteiger charge is 2.27. The zero-order chi connectivity index (χ0) is 7.72. The Morgan fingerprint density at radius 1 is 1.78 bits per heavy atom. The van der Waals surface area contributed by atoms with Gasteiger partial charge in [-0.1, -0.05) is 0 Å². The molecule has 52 valence electrons. The van der Waals surface area contributed by atoms with E-state index in [1.807, 2.05) is 0 Å². The minimum atomic E-state index is -1.29. The van der Waals surface area contributed by atoms with Crippen molar-refractivity contribution in [3.63, 3.8) is 0 Å². The van der Waals surface area contributed by atoms with Crippen molar-refractivity contribution in [1.29, 1.82) is 0 Å². The lowest BCUT2D eigenvalue weighted by atomic mass is 10.1. The predicted octanol–water partition coefficient (Wildman–Crippen LogP) is -2.12. The summed E-state index contributed by atoms with van der Waals surface area (Å²) in [6.07, 6.45) is -2.39. The maximum absolute atomic E-state index is 10.6. The van der Waals surface area contributed by atoms with Crippen molar-refractivity contribution in [2.75, 3.05) is 13.1 Å². The first-order valence-corrected chi connectivity index (χ1v) is 2.74. The Bertz CT molecular complexity index is 152. The fourth-order valence-electron chi connectivity index (χ4n) is 0.715. The molecule has 1 rings (SSSR count). The van der Waals surface area contributed by atoms with E-state index in [-0.39, 0.29) is 13.1 Å². The van der Waals surface area contributed by atoms with E-state index in [1.54, 1.807) is 0 Å². The molecule has 0 spiro atoms. The van der Waals surface area contributed by atoms with Crippen molar-refractivity contribution in [3.8, 4) is 0 Å². The van der Waals surface area contributed by atoms with Crippen LogP contribution < -0.4 is 5.31 Å². The Balaban J connectivity index is 2.57. The molecule has 0 unspecified atom stereocenters. The fourth-order valence-corrected chi connectivity index (χ4v) is 0.715. The van der Waals surface area contributed by atoms with Crippen LogP contribution in [0.5, 0.6) is 0 Å². The van der Waals surface area contributed by atoms with E-state index in [9.17, 15) is 4.79 Å². The molecular formula is C5H9NO3. The number of ketones is 1. The van der Waals surface area contributed by atoms with E-state index < -0.39 is 18.0 Å². The summed E-state index contributed by atoms with van der Waals surface area (Å²) >= 11 is 0. The highest BCUT2D eigenvalue weighted by molar-refractivity contribution is 5.86. The van der Waals surface area contributed by atoms with E-state index in [1.165, 1.54) is 0 Å². The maximum Gasteiger partial charge on any atom is 0.177 e.